The van der Waals surface area contributed by atoms with Crippen molar-refractivity contribution in [3.05, 3.63) is 53.7 Å². The van der Waals surface area contributed by atoms with Crippen LogP contribution in [0.4, 0.5) is 0 Å². The molecule has 1 amide bonds. The third-order valence-corrected chi connectivity index (χ3v) is 5.05. The first-order valence-corrected chi connectivity index (χ1v) is 8.81. The highest BCUT2D eigenvalue weighted by Gasteiger charge is 2.39. The molecular formula is C19H23N3O3. The summed E-state index contributed by atoms with van der Waals surface area (Å²) in [6.45, 7) is 5.68. The van der Waals surface area contributed by atoms with Gasteiger partial charge in [-0.3, -0.25) is 14.7 Å². The van der Waals surface area contributed by atoms with E-state index in [0.717, 1.165) is 31.9 Å². The molecule has 4 rings (SSSR count). The maximum atomic E-state index is 12.7. The van der Waals surface area contributed by atoms with E-state index in [2.05, 4.69) is 16.0 Å². The van der Waals surface area contributed by atoms with Crippen LogP contribution in [0.25, 0.3) is 0 Å². The van der Waals surface area contributed by atoms with Crippen LogP contribution in [-0.4, -0.2) is 59.1 Å². The second-order valence-electron chi connectivity index (χ2n) is 6.76. The molecule has 0 unspecified atom stereocenters. The molecule has 2 saturated heterocycles. The fourth-order valence-electron chi connectivity index (χ4n) is 3.75. The topological polar surface area (TPSA) is 58.8 Å². The maximum absolute atomic E-state index is 12.7. The molecule has 0 aliphatic carbocycles. The van der Waals surface area contributed by atoms with Gasteiger partial charge in [0, 0.05) is 38.6 Å². The third-order valence-electron chi connectivity index (χ3n) is 5.05. The molecule has 4 heterocycles. The molecule has 0 bridgehead atoms. The summed E-state index contributed by atoms with van der Waals surface area (Å²) in [5.41, 5.74) is 1.19. The number of furan rings is 1. The van der Waals surface area contributed by atoms with E-state index in [1.54, 1.807) is 12.3 Å². The van der Waals surface area contributed by atoms with E-state index < -0.39 is 0 Å². The minimum atomic E-state index is -0.0292. The zero-order valence-electron chi connectivity index (χ0n) is 14.4. The second-order valence-corrected chi connectivity index (χ2v) is 6.76. The molecular weight excluding hydrogens is 318 g/mol. The van der Waals surface area contributed by atoms with Gasteiger partial charge in [0.15, 0.2) is 5.76 Å². The number of likely N-dealkylation sites (tertiary alicyclic amines) is 1. The number of rotatable bonds is 3. The van der Waals surface area contributed by atoms with Crippen molar-refractivity contribution in [1.82, 2.24) is 14.8 Å². The van der Waals surface area contributed by atoms with Crippen LogP contribution < -0.4 is 0 Å². The van der Waals surface area contributed by atoms with Crippen LogP contribution in [0, 0.1) is 6.92 Å². The van der Waals surface area contributed by atoms with Crippen LogP contribution in [0.15, 0.2) is 41.1 Å². The lowest BCUT2D eigenvalue weighted by atomic mass is 9.98. The van der Waals surface area contributed by atoms with Gasteiger partial charge in [-0.25, -0.2) is 0 Å². The Bertz CT molecular complexity index is 731. The predicted molar refractivity (Wildman–Crippen MR) is 92.1 cm³/mol. The maximum Gasteiger partial charge on any atom is 0.289 e. The fourth-order valence-corrected chi connectivity index (χ4v) is 3.75. The smallest absolute Gasteiger partial charge is 0.289 e. The van der Waals surface area contributed by atoms with E-state index >= 15 is 0 Å². The van der Waals surface area contributed by atoms with Gasteiger partial charge < -0.3 is 14.1 Å². The first-order valence-electron chi connectivity index (χ1n) is 8.81. The average Bonchev–Trinajstić information content (AvgIpc) is 3.08. The van der Waals surface area contributed by atoms with Gasteiger partial charge >= 0.3 is 0 Å². The van der Waals surface area contributed by atoms with Gasteiger partial charge in [-0.1, -0.05) is 6.07 Å². The lowest BCUT2D eigenvalue weighted by molar-refractivity contribution is -0.101. The first kappa shape index (κ1) is 16.3. The van der Waals surface area contributed by atoms with Crippen molar-refractivity contribution in [1.29, 1.82) is 0 Å². The number of fused-ring (bicyclic) bond motifs is 1. The number of carbonyl (C=O) groups is 1. The van der Waals surface area contributed by atoms with Crippen molar-refractivity contribution in [2.75, 3.05) is 26.2 Å². The highest BCUT2D eigenvalue weighted by atomic mass is 16.5. The van der Waals surface area contributed by atoms with E-state index in [9.17, 15) is 4.79 Å². The number of hydrogen-bond donors (Lipinski definition) is 0. The molecule has 2 fully saturated rings. The van der Waals surface area contributed by atoms with Gasteiger partial charge in [0.1, 0.15) is 5.76 Å². The Morgan fingerprint density at radius 3 is 3.00 bits per heavy atom. The molecule has 132 valence electrons. The number of aromatic nitrogens is 1. The van der Waals surface area contributed by atoms with E-state index in [4.69, 9.17) is 9.15 Å². The number of nitrogens with zero attached hydrogens (tertiary/aromatic N) is 3. The highest BCUT2D eigenvalue weighted by molar-refractivity contribution is 5.91. The van der Waals surface area contributed by atoms with Crippen molar-refractivity contribution in [2.45, 2.75) is 32.0 Å². The van der Waals surface area contributed by atoms with E-state index in [-0.39, 0.29) is 18.1 Å². The summed E-state index contributed by atoms with van der Waals surface area (Å²) in [6, 6.07) is 7.85. The molecule has 6 heteroatoms. The minimum absolute atomic E-state index is 0.0292. The molecule has 0 saturated carbocycles. The Balaban J connectivity index is 1.48. The molecule has 0 aromatic carbocycles. The van der Waals surface area contributed by atoms with Crippen LogP contribution >= 0.6 is 0 Å². The number of aryl methyl sites for hydroxylation is 1. The monoisotopic (exact) mass is 341 g/mol. The number of amides is 1. The van der Waals surface area contributed by atoms with Crippen LogP contribution in [0.5, 0.6) is 0 Å². The van der Waals surface area contributed by atoms with Crippen molar-refractivity contribution >= 4 is 5.91 Å². The fraction of sp³-hybridized carbons (Fsp3) is 0.474. The van der Waals surface area contributed by atoms with E-state index in [1.165, 1.54) is 5.56 Å². The van der Waals surface area contributed by atoms with Crippen molar-refractivity contribution in [2.24, 2.45) is 0 Å². The van der Waals surface area contributed by atoms with E-state index in [0.29, 0.717) is 18.8 Å². The van der Waals surface area contributed by atoms with Crippen LogP contribution in [-0.2, 0) is 11.3 Å². The number of morpholine rings is 1. The second kappa shape index (κ2) is 6.98. The Labute approximate surface area is 147 Å². The number of carbonyl (C=O) groups excluding carboxylic acids is 1. The normalized spacial score (nSPS) is 24.1. The Hall–Kier alpha value is -2.18. The average molecular weight is 341 g/mol. The van der Waals surface area contributed by atoms with Crippen LogP contribution in [0.3, 0.4) is 0 Å². The van der Waals surface area contributed by atoms with Gasteiger partial charge in [-0.2, -0.15) is 0 Å². The number of piperidine rings is 1. The van der Waals surface area contributed by atoms with Gasteiger partial charge in [-0.05, 0) is 37.1 Å². The van der Waals surface area contributed by atoms with Gasteiger partial charge in [-0.15, -0.1) is 0 Å². The van der Waals surface area contributed by atoms with Crippen LogP contribution in [0.2, 0.25) is 0 Å². The molecule has 2 aromatic heterocycles. The van der Waals surface area contributed by atoms with Crippen molar-refractivity contribution in [3.8, 4) is 0 Å². The summed E-state index contributed by atoms with van der Waals surface area (Å²) >= 11 is 0. The molecule has 2 aromatic rings. The molecule has 0 spiro atoms. The number of pyridine rings is 1. The standard InChI is InChI=1S/C19H23N3O3/c1-14-4-5-18(25-14)19(23)22-8-6-17-16(13-22)21(9-10-24-17)12-15-3-2-7-20-11-15/h2-5,7,11,16-17H,6,8-10,12-13H2,1H3/t16-,17-/m1/s1. The summed E-state index contributed by atoms with van der Waals surface area (Å²) in [6.07, 6.45) is 4.74. The molecule has 0 N–H and O–H groups in total. The molecule has 6 nitrogen and oxygen atoms in total. The zero-order valence-corrected chi connectivity index (χ0v) is 14.4. The summed E-state index contributed by atoms with van der Waals surface area (Å²) < 4.78 is 11.5. The molecule has 0 radical (unpaired) electrons. The third kappa shape index (κ3) is 3.45. The summed E-state index contributed by atoms with van der Waals surface area (Å²) in [4.78, 5) is 21.2. The highest BCUT2D eigenvalue weighted by Crippen LogP contribution is 2.25. The lowest BCUT2D eigenvalue weighted by Crippen LogP contribution is -2.60. The summed E-state index contributed by atoms with van der Waals surface area (Å²) in [5, 5.41) is 0. The molecule has 2 aliphatic heterocycles. The van der Waals surface area contributed by atoms with Crippen molar-refractivity contribution in [3.63, 3.8) is 0 Å². The molecule has 2 atom stereocenters. The van der Waals surface area contributed by atoms with Gasteiger partial charge in [0.05, 0.1) is 18.8 Å². The number of ether oxygens (including phenoxy) is 1. The van der Waals surface area contributed by atoms with Crippen LogP contribution in [0.1, 0.15) is 28.3 Å². The first-order chi connectivity index (χ1) is 12.2. The number of hydrogen-bond acceptors (Lipinski definition) is 5. The van der Waals surface area contributed by atoms with Gasteiger partial charge in [0.2, 0.25) is 0 Å². The SMILES string of the molecule is Cc1ccc(C(=O)N2CC[C@H]3OCCN(Cc4cccnc4)[C@@H]3C2)o1. The molecule has 2 aliphatic rings. The summed E-state index contributed by atoms with van der Waals surface area (Å²) in [7, 11) is 0. The lowest BCUT2D eigenvalue weighted by Gasteiger charge is -2.47. The van der Waals surface area contributed by atoms with Crippen molar-refractivity contribution < 1.29 is 13.9 Å². The zero-order chi connectivity index (χ0) is 17.2. The Kier molecular flexibility index (Phi) is 4.55. The van der Waals surface area contributed by atoms with E-state index in [1.807, 2.05) is 30.2 Å². The largest absolute Gasteiger partial charge is 0.456 e. The molecule has 25 heavy (non-hydrogen) atoms. The predicted octanol–water partition coefficient (Wildman–Crippen LogP) is 2.10. The Morgan fingerprint density at radius 2 is 2.24 bits per heavy atom. The minimum Gasteiger partial charge on any atom is -0.456 e. The Morgan fingerprint density at radius 1 is 1.32 bits per heavy atom. The quantitative estimate of drug-likeness (QED) is 0.856. The van der Waals surface area contributed by atoms with Gasteiger partial charge in [0.25, 0.3) is 5.91 Å². The summed E-state index contributed by atoms with van der Waals surface area (Å²) in [5.74, 6) is 1.15.